The van der Waals surface area contributed by atoms with E-state index in [0.717, 1.165) is 62.2 Å². The monoisotopic (exact) mass is 372 g/mol. The highest BCUT2D eigenvalue weighted by atomic mass is 79.9. The van der Waals surface area contributed by atoms with Gasteiger partial charge >= 0.3 is 0 Å². The summed E-state index contributed by atoms with van der Waals surface area (Å²) in [5, 5.41) is 0.276. The van der Waals surface area contributed by atoms with E-state index in [-0.39, 0.29) is 5.28 Å². The lowest BCUT2D eigenvalue weighted by atomic mass is 9.96. The number of amides is 1. The largest absolute Gasteiger partial charge is 0.356 e. The molecule has 0 spiro atoms. The van der Waals surface area contributed by atoms with Gasteiger partial charge in [-0.05, 0) is 52.7 Å². The van der Waals surface area contributed by atoms with Crippen LogP contribution in [0, 0.1) is 5.92 Å². The predicted molar refractivity (Wildman–Crippen MR) is 85.5 cm³/mol. The van der Waals surface area contributed by atoms with Gasteiger partial charge in [0, 0.05) is 38.8 Å². The molecule has 0 atom stereocenters. The summed E-state index contributed by atoms with van der Waals surface area (Å²) in [7, 11) is 0. The molecule has 7 heteroatoms. The number of aromatic nitrogens is 2. The van der Waals surface area contributed by atoms with Gasteiger partial charge in [0.1, 0.15) is 5.82 Å². The smallest absolute Gasteiger partial charge is 0.224 e. The molecular formula is C14H18BrClN4O. The van der Waals surface area contributed by atoms with E-state index in [1.807, 2.05) is 4.90 Å². The molecule has 2 aliphatic rings. The van der Waals surface area contributed by atoms with E-state index >= 15 is 0 Å². The van der Waals surface area contributed by atoms with E-state index in [1.54, 1.807) is 6.20 Å². The van der Waals surface area contributed by atoms with Crippen LogP contribution < -0.4 is 4.90 Å². The van der Waals surface area contributed by atoms with Crippen molar-refractivity contribution in [1.82, 2.24) is 14.9 Å². The summed E-state index contributed by atoms with van der Waals surface area (Å²) in [5.41, 5.74) is 0. The molecular weight excluding hydrogens is 356 g/mol. The van der Waals surface area contributed by atoms with E-state index in [0.29, 0.717) is 11.8 Å². The zero-order valence-electron chi connectivity index (χ0n) is 11.8. The minimum Gasteiger partial charge on any atom is -0.356 e. The Morgan fingerprint density at radius 1 is 1.33 bits per heavy atom. The molecule has 0 saturated carbocycles. The molecule has 114 valence electrons. The molecule has 3 heterocycles. The van der Waals surface area contributed by atoms with Crippen molar-refractivity contribution >= 4 is 39.3 Å². The van der Waals surface area contributed by atoms with Crippen molar-refractivity contribution in [1.29, 1.82) is 0 Å². The predicted octanol–water partition coefficient (Wildman–Crippen LogP) is 2.73. The second-order valence-corrected chi connectivity index (χ2v) is 6.88. The topological polar surface area (TPSA) is 49.3 Å². The molecule has 1 amide bonds. The molecule has 0 radical (unpaired) electrons. The highest BCUT2D eigenvalue weighted by Gasteiger charge is 2.27. The normalized spacial score (nSPS) is 20.4. The van der Waals surface area contributed by atoms with E-state index < -0.39 is 0 Å². The Morgan fingerprint density at radius 2 is 2.10 bits per heavy atom. The summed E-state index contributed by atoms with van der Waals surface area (Å²) in [6.07, 6.45) is 5.60. The van der Waals surface area contributed by atoms with Gasteiger partial charge in [0.05, 0.1) is 4.47 Å². The first-order valence-electron chi connectivity index (χ1n) is 7.34. The van der Waals surface area contributed by atoms with Gasteiger partial charge in [0.2, 0.25) is 11.2 Å². The van der Waals surface area contributed by atoms with Crippen molar-refractivity contribution in [3.05, 3.63) is 16.0 Å². The second kappa shape index (κ2) is 6.48. The van der Waals surface area contributed by atoms with Gasteiger partial charge in [0.25, 0.3) is 0 Å². The third-order valence-electron chi connectivity index (χ3n) is 4.26. The summed E-state index contributed by atoms with van der Waals surface area (Å²) in [6, 6.07) is 0. The Hall–Kier alpha value is -0.880. The molecule has 3 rings (SSSR count). The van der Waals surface area contributed by atoms with Crippen LogP contribution in [0.4, 0.5) is 5.82 Å². The molecule has 21 heavy (non-hydrogen) atoms. The first kappa shape index (κ1) is 15.0. The molecule has 5 nitrogen and oxygen atoms in total. The van der Waals surface area contributed by atoms with Crippen LogP contribution in [0.5, 0.6) is 0 Å². The van der Waals surface area contributed by atoms with E-state index in [1.165, 1.54) is 0 Å². The first-order chi connectivity index (χ1) is 10.1. The Kier molecular flexibility index (Phi) is 4.64. The van der Waals surface area contributed by atoms with Crippen LogP contribution in [0.2, 0.25) is 5.28 Å². The Bertz CT molecular complexity index is 534. The maximum atomic E-state index is 11.7. The quantitative estimate of drug-likeness (QED) is 0.765. The average Bonchev–Trinajstić information content (AvgIpc) is 2.88. The van der Waals surface area contributed by atoms with Crippen molar-refractivity contribution < 1.29 is 4.79 Å². The number of halogens is 2. The van der Waals surface area contributed by atoms with Gasteiger partial charge in [-0.25, -0.2) is 4.98 Å². The molecule has 2 aliphatic heterocycles. The van der Waals surface area contributed by atoms with Gasteiger partial charge in [-0.15, -0.1) is 0 Å². The number of likely N-dealkylation sites (tertiary alicyclic amines) is 1. The zero-order chi connectivity index (χ0) is 14.8. The Labute approximate surface area is 137 Å². The summed E-state index contributed by atoms with van der Waals surface area (Å²) >= 11 is 9.36. The minimum absolute atomic E-state index is 0.276. The molecule has 0 aromatic carbocycles. The van der Waals surface area contributed by atoms with Crippen molar-refractivity contribution in [3.8, 4) is 0 Å². The molecule has 1 aromatic heterocycles. The SMILES string of the molecule is O=C1CCCN1CC1CCN(c2nc(Cl)ncc2Br)CC1. The number of nitrogens with zero attached hydrogens (tertiary/aromatic N) is 4. The number of carbonyl (C=O) groups excluding carboxylic acids is 1. The lowest BCUT2D eigenvalue weighted by Gasteiger charge is -2.34. The third kappa shape index (κ3) is 3.48. The molecule has 0 unspecified atom stereocenters. The van der Waals surface area contributed by atoms with Crippen LogP contribution >= 0.6 is 27.5 Å². The maximum absolute atomic E-state index is 11.7. The van der Waals surface area contributed by atoms with Crippen LogP contribution in [0.25, 0.3) is 0 Å². The van der Waals surface area contributed by atoms with Crippen LogP contribution in [0.1, 0.15) is 25.7 Å². The van der Waals surface area contributed by atoms with Gasteiger partial charge in [0.15, 0.2) is 0 Å². The highest BCUT2D eigenvalue weighted by molar-refractivity contribution is 9.10. The summed E-state index contributed by atoms with van der Waals surface area (Å²) in [5.74, 6) is 1.79. The molecule has 0 N–H and O–H groups in total. The zero-order valence-corrected chi connectivity index (χ0v) is 14.1. The molecule has 0 aliphatic carbocycles. The van der Waals surface area contributed by atoms with Crippen LogP contribution in [-0.4, -0.2) is 47.0 Å². The van der Waals surface area contributed by atoms with Crippen LogP contribution in [-0.2, 0) is 4.79 Å². The number of hydrogen-bond acceptors (Lipinski definition) is 4. The van der Waals surface area contributed by atoms with Gasteiger partial charge in [-0.1, -0.05) is 0 Å². The fourth-order valence-electron chi connectivity index (χ4n) is 3.10. The van der Waals surface area contributed by atoms with Crippen molar-refractivity contribution in [2.24, 2.45) is 5.92 Å². The van der Waals surface area contributed by atoms with Gasteiger partial charge in [-0.2, -0.15) is 4.98 Å². The fraction of sp³-hybridized carbons (Fsp3) is 0.643. The molecule has 2 fully saturated rings. The fourth-order valence-corrected chi connectivity index (χ4v) is 3.67. The Morgan fingerprint density at radius 3 is 2.76 bits per heavy atom. The Balaban J connectivity index is 1.57. The van der Waals surface area contributed by atoms with Gasteiger partial charge in [-0.3, -0.25) is 4.79 Å². The number of piperidine rings is 1. The van der Waals surface area contributed by atoms with Crippen LogP contribution in [0.15, 0.2) is 10.7 Å². The van der Waals surface area contributed by atoms with E-state index in [2.05, 4.69) is 30.8 Å². The maximum Gasteiger partial charge on any atom is 0.224 e. The number of hydrogen-bond donors (Lipinski definition) is 0. The number of carbonyl (C=O) groups is 1. The molecule has 0 bridgehead atoms. The summed E-state index contributed by atoms with van der Waals surface area (Å²) in [6.45, 7) is 3.74. The first-order valence-corrected chi connectivity index (χ1v) is 8.51. The lowest BCUT2D eigenvalue weighted by molar-refractivity contribution is -0.128. The second-order valence-electron chi connectivity index (χ2n) is 5.68. The third-order valence-corrected chi connectivity index (χ3v) is 5.00. The van der Waals surface area contributed by atoms with Crippen LogP contribution in [0.3, 0.4) is 0 Å². The minimum atomic E-state index is 0.276. The van der Waals surface area contributed by atoms with E-state index in [9.17, 15) is 4.79 Å². The van der Waals surface area contributed by atoms with Gasteiger partial charge < -0.3 is 9.80 Å². The molecule has 1 aromatic rings. The van der Waals surface area contributed by atoms with E-state index in [4.69, 9.17) is 11.6 Å². The summed E-state index contributed by atoms with van der Waals surface area (Å²) in [4.78, 5) is 24.2. The highest BCUT2D eigenvalue weighted by Crippen LogP contribution is 2.29. The van der Waals surface area contributed by atoms with Crippen molar-refractivity contribution in [3.63, 3.8) is 0 Å². The standard InChI is InChI=1S/C14H18BrClN4O/c15-11-8-17-14(16)18-13(11)19-6-3-10(4-7-19)9-20-5-1-2-12(20)21/h8,10H,1-7,9H2. The average molecular weight is 374 g/mol. The molecule has 2 saturated heterocycles. The number of anilines is 1. The lowest BCUT2D eigenvalue weighted by Crippen LogP contribution is -2.39. The van der Waals surface area contributed by atoms with Crippen molar-refractivity contribution in [2.75, 3.05) is 31.1 Å². The number of rotatable bonds is 3. The van der Waals surface area contributed by atoms with Crippen molar-refractivity contribution in [2.45, 2.75) is 25.7 Å². The summed E-state index contributed by atoms with van der Waals surface area (Å²) < 4.78 is 0.875.